The molecule has 0 radical (unpaired) electrons. The van der Waals surface area contributed by atoms with Gasteiger partial charge in [0.25, 0.3) is 0 Å². The zero-order valence-corrected chi connectivity index (χ0v) is 10.9. The van der Waals surface area contributed by atoms with Crippen molar-refractivity contribution in [2.45, 2.75) is 38.6 Å². The molecule has 2 fully saturated rings. The number of hydrogen-bond acceptors (Lipinski definition) is 3. The van der Waals surface area contributed by atoms with Gasteiger partial charge in [-0.15, -0.1) is 0 Å². The van der Waals surface area contributed by atoms with E-state index in [9.17, 15) is 4.79 Å². The Morgan fingerprint density at radius 3 is 2.76 bits per heavy atom. The zero-order valence-electron chi connectivity index (χ0n) is 10.9. The lowest BCUT2D eigenvalue weighted by atomic mass is 9.97. The molecule has 1 saturated carbocycles. The molecule has 1 saturated heterocycles. The molecule has 0 bridgehead atoms. The van der Waals surface area contributed by atoms with Crippen molar-refractivity contribution < 1.29 is 4.79 Å². The Labute approximate surface area is 104 Å². The summed E-state index contributed by atoms with van der Waals surface area (Å²) < 4.78 is 0. The van der Waals surface area contributed by atoms with Crippen molar-refractivity contribution in [3.05, 3.63) is 0 Å². The monoisotopic (exact) mass is 239 g/mol. The summed E-state index contributed by atoms with van der Waals surface area (Å²) >= 11 is 0. The van der Waals surface area contributed by atoms with E-state index >= 15 is 0 Å². The van der Waals surface area contributed by atoms with Gasteiger partial charge in [0, 0.05) is 39.1 Å². The molecule has 4 nitrogen and oxygen atoms in total. The standard InChI is InChI=1S/C13H25N3O/c1-11(17)16(13-4-5-13)10-12-3-2-7-15(9-12)8-6-14/h12-13H,2-10,14H2,1H3/t12-/m0/s1. The van der Waals surface area contributed by atoms with Crippen LogP contribution in [0.15, 0.2) is 0 Å². The van der Waals surface area contributed by atoms with E-state index in [1.807, 2.05) is 0 Å². The van der Waals surface area contributed by atoms with E-state index in [4.69, 9.17) is 5.73 Å². The lowest BCUT2D eigenvalue weighted by molar-refractivity contribution is -0.130. The van der Waals surface area contributed by atoms with Gasteiger partial charge in [0.2, 0.25) is 5.91 Å². The summed E-state index contributed by atoms with van der Waals surface area (Å²) in [5.41, 5.74) is 5.61. The fourth-order valence-corrected chi connectivity index (χ4v) is 2.89. The maximum absolute atomic E-state index is 11.6. The zero-order chi connectivity index (χ0) is 12.3. The van der Waals surface area contributed by atoms with E-state index in [1.54, 1.807) is 6.92 Å². The molecule has 1 heterocycles. The van der Waals surface area contributed by atoms with Crippen LogP contribution in [-0.2, 0) is 4.79 Å². The SMILES string of the molecule is CC(=O)N(C[C@H]1CCCN(CCN)C1)C1CC1. The lowest BCUT2D eigenvalue weighted by Crippen LogP contribution is -2.44. The molecule has 1 aliphatic carbocycles. The van der Waals surface area contributed by atoms with Crippen molar-refractivity contribution in [1.82, 2.24) is 9.80 Å². The number of nitrogens with two attached hydrogens (primary N) is 1. The van der Waals surface area contributed by atoms with Gasteiger partial charge in [-0.1, -0.05) is 0 Å². The average molecular weight is 239 g/mol. The second-order valence-corrected chi connectivity index (χ2v) is 5.50. The molecule has 1 atom stereocenters. The first-order valence-corrected chi connectivity index (χ1v) is 6.90. The molecule has 0 spiro atoms. The number of hydrogen-bond donors (Lipinski definition) is 1. The Hall–Kier alpha value is -0.610. The van der Waals surface area contributed by atoms with E-state index in [2.05, 4.69) is 9.80 Å². The predicted octanol–water partition coefficient (Wildman–Crippen LogP) is 0.668. The third-order valence-corrected chi connectivity index (χ3v) is 3.90. The van der Waals surface area contributed by atoms with E-state index < -0.39 is 0 Å². The minimum Gasteiger partial charge on any atom is -0.340 e. The van der Waals surface area contributed by atoms with Crippen LogP contribution in [0.5, 0.6) is 0 Å². The highest BCUT2D eigenvalue weighted by Gasteiger charge is 2.33. The first-order valence-electron chi connectivity index (χ1n) is 6.90. The van der Waals surface area contributed by atoms with Gasteiger partial charge in [0.05, 0.1) is 0 Å². The number of carbonyl (C=O) groups excluding carboxylic acids is 1. The molecule has 4 heteroatoms. The predicted molar refractivity (Wildman–Crippen MR) is 68.6 cm³/mol. The molecular formula is C13H25N3O. The maximum atomic E-state index is 11.6. The molecule has 0 unspecified atom stereocenters. The van der Waals surface area contributed by atoms with Crippen LogP contribution in [0.1, 0.15) is 32.6 Å². The van der Waals surface area contributed by atoms with E-state index in [1.165, 1.54) is 32.2 Å². The number of rotatable bonds is 5. The highest BCUT2D eigenvalue weighted by atomic mass is 16.2. The van der Waals surface area contributed by atoms with E-state index in [-0.39, 0.29) is 5.91 Å². The van der Waals surface area contributed by atoms with Gasteiger partial charge in [-0.05, 0) is 38.1 Å². The molecule has 0 aromatic carbocycles. The number of nitrogens with zero attached hydrogens (tertiary/aromatic N) is 2. The lowest BCUT2D eigenvalue weighted by Gasteiger charge is -2.35. The Morgan fingerprint density at radius 2 is 2.18 bits per heavy atom. The third kappa shape index (κ3) is 3.68. The Kier molecular flexibility index (Phi) is 4.40. The first-order chi connectivity index (χ1) is 8.20. The van der Waals surface area contributed by atoms with Gasteiger partial charge >= 0.3 is 0 Å². The highest BCUT2D eigenvalue weighted by molar-refractivity contribution is 5.74. The largest absolute Gasteiger partial charge is 0.340 e. The second kappa shape index (κ2) is 5.83. The van der Waals surface area contributed by atoms with Crippen LogP contribution in [0.25, 0.3) is 0 Å². The van der Waals surface area contributed by atoms with Gasteiger partial charge in [-0.3, -0.25) is 4.79 Å². The number of likely N-dealkylation sites (tertiary alicyclic amines) is 1. The van der Waals surface area contributed by atoms with Gasteiger partial charge in [0.15, 0.2) is 0 Å². The molecule has 0 aromatic rings. The fourth-order valence-electron chi connectivity index (χ4n) is 2.89. The van der Waals surface area contributed by atoms with Gasteiger partial charge in [0.1, 0.15) is 0 Å². The van der Waals surface area contributed by atoms with Crippen LogP contribution in [-0.4, -0.2) is 54.5 Å². The minimum absolute atomic E-state index is 0.253. The van der Waals surface area contributed by atoms with Crippen molar-refractivity contribution in [3.63, 3.8) is 0 Å². The summed E-state index contributed by atoms with van der Waals surface area (Å²) in [6.45, 7) is 6.70. The number of piperidine rings is 1. The van der Waals surface area contributed by atoms with Crippen molar-refractivity contribution in [2.24, 2.45) is 11.7 Å². The number of carbonyl (C=O) groups is 1. The quantitative estimate of drug-likeness (QED) is 0.767. The van der Waals surface area contributed by atoms with Gasteiger partial charge in [-0.25, -0.2) is 0 Å². The van der Waals surface area contributed by atoms with Crippen LogP contribution in [0.2, 0.25) is 0 Å². The molecule has 2 N–H and O–H groups in total. The molecule has 98 valence electrons. The van der Waals surface area contributed by atoms with Gasteiger partial charge < -0.3 is 15.5 Å². The molecule has 2 rings (SSSR count). The Balaban J connectivity index is 1.82. The van der Waals surface area contributed by atoms with Crippen LogP contribution in [0, 0.1) is 5.92 Å². The van der Waals surface area contributed by atoms with Crippen molar-refractivity contribution >= 4 is 5.91 Å². The Bertz CT molecular complexity index is 263. The second-order valence-electron chi connectivity index (χ2n) is 5.50. The number of amides is 1. The third-order valence-electron chi connectivity index (χ3n) is 3.90. The molecule has 2 aliphatic rings. The van der Waals surface area contributed by atoms with Crippen molar-refractivity contribution in [1.29, 1.82) is 0 Å². The summed E-state index contributed by atoms with van der Waals surface area (Å²) in [4.78, 5) is 16.1. The molecule has 0 aromatic heterocycles. The molecule has 1 aliphatic heterocycles. The smallest absolute Gasteiger partial charge is 0.219 e. The average Bonchev–Trinajstić information content (AvgIpc) is 3.10. The Morgan fingerprint density at radius 1 is 1.41 bits per heavy atom. The first kappa shape index (κ1) is 12.8. The minimum atomic E-state index is 0.253. The van der Waals surface area contributed by atoms with Crippen molar-refractivity contribution in [2.75, 3.05) is 32.7 Å². The topological polar surface area (TPSA) is 49.6 Å². The van der Waals surface area contributed by atoms with Gasteiger partial charge in [-0.2, -0.15) is 0 Å². The van der Waals surface area contributed by atoms with Crippen LogP contribution in [0.3, 0.4) is 0 Å². The van der Waals surface area contributed by atoms with Crippen LogP contribution >= 0.6 is 0 Å². The van der Waals surface area contributed by atoms with E-state index in [0.29, 0.717) is 12.0 Å². The summed E-state index contributed by atoms with van der Waals surface area (Å²) in [6, 6.07) is 0.553. The summed E-state index contributed by atoms with van der Waals surface area (Å²) in [7, 11) is 0. The van der Waals surface area contributed by atoms with Crippen LogP contribution in [0.4, 0.5) is 0 Å². The highest BCUT2D eigenvalue weighted by Crippen LogP contribution is 2.29. The maximum Gasteiger partial charge on any atom is 0.219 e. The molecule has 1 amide bonds. The molecule has 17 heavy (non-hydrogen) atoms. The fraction of sp³-hybridized carbons (Fsp3) is 0.923. The van der Waals surface area contributed by atoms with Crippen LogP contribution < -0.4 is 5.73 Å². The van der Waals surface area contributed by atoms with Crippen molar-refractivity contribution in [3.8, 4) is 0 Å². The van der Waals surface area contributed by atoms with E-state index in [0.717, 1.165) is 26.2 Å². The normalized spacial score (nSPS) is 25.9. The summed E-state index contributed by atoms with van der Waals surface area (Å²) in [5, 5.41) is 0. The summed E-state index contributed by atoms with van der Waals surface area (Å²) in [5.74, 6) is 0.906. The molecular weight excluding hydrogens is 214 g/mol. The summed E-state index contributed by atoms with van der Waals surface area (Å²) in [6.07, 6.45) is 4.93.